The number of anilines is 1. The number of carboxylic acids is 1. The van der Waals surface area contributed by atoms with Crippen molar-refractivity contribution in [2.24, 2.45) is 11.1 Å². The normalized spacial score (nSPS) is 14.2. The van der Waals surface area contributed by atoms with Crippen LogP contribution in [-0.4, -0.2) is 17.6 Å². The molecule has 0 fully saturated rings. The van der Waals surface area contributed by atoms with Gasteiger partial charge in [-0.05, 0) is 37.0 Å². The Labute approximate surface area is 108 Å². The fourth-order valence-electron chi connectivity index (χ4n) is 2.27. The minimum atomic E-state index is -0.882. The maximum Gasteiger partial charge on any atom is 0.311 e. The van der Waals surface area contributed by atoms with Crippen LogP contribution in [0, 0.1) is 12.3 Å². The molecule has 0 bridgehead atoms. The number of carboxylic acid groups (broad SMARTS) is 1. The Morgan fingerprint density at radius 1 is 1.44 bits per heavy atom. The largest absolute Gasteiger partial charge is 0.481 e. The van der Waals surface area contributed by atoms with E-state index in [1.54, 1.807) is 0 Å². The number of hydrogen-bond donors (Lipinski definition) is 3. The van der Waals surface area contributed by atoms with Crippen molar-refractivity contribution in [2.75, 3.05) is 12.3 Å². The minimum absolute atomic E-state index is 0.143. The van der Waals surface area contributed by atoms with Crippen LogP contribution in [0.3, 0.4) is 0 Å². The Balaban J connectivity index is 3.10. The maximum atomic E-state index is 11.5. The van der Waals surface area contributed by atoms with Gasteiger partial charge in [-0.1, -0.05) is 25.5 Å². The molecule has 0 aliphatic rings. The molecule has 4 heteroatoms. The quantitative estimate of drug-likeness (QED) is 0.673. The number of hydrogen-bond acceptors (Lipinski definition) is 3. The van der Waals surface area contributed by atoms with E-state index in [9.17, 15) is 9.90 Å². The average molecular weight is 250 g/mol. The number of nitrogens with two attached hydrogens (primary N) is 2. The van der Waals surface area contributed by atoms with Crippen LogP contribution in [-0.2, 0) is 11.2 Å². The van der Waals surface area contributed by atoms with Crippen LogP contribution >= 0.6 is 0 Å². The summed E-state index contributed by atoms with van der Waals surface area (Å²) in [5.74, 6) is -0.825. The number of nitrogen functional groups attached to an aromatic ring is 1. The first-order valence-corrected chi connectivity index (χ1v) is 6.24. The molecule has 1 aromatic rings. The first-order chi connectivity index (χ1) is 8.46. The van der Waals surface area contributed by atoms with E-state index in [0.717, 1.165) is 17.5 Å². The molecule has 1 atom stereocenters. The van der Waals surface area contributed by atoms with E-state index in [4.69, 9.17) is 11.5 Å². The Morgan fingerprint density at radius 3 is 2.61 bits per heavy atom. The van der Waals surface area contributed by atoms with Crippen LogP contribution in [0.2, 0.25) is 0 Å². The molecule has 0 heterocycles. The third kappa shape index (κ3) is 2.82. The van der Waals surface area contributed by atoms with E-state index < -0.39 is 11.4 Å². The van der Waals surface area contributed by atoms with Gasteiger partial charge >= 0.3 is 5.97 Å². The predicted octanol–water partition coefficient (Wildman–Crippen LogP) is 1.95. The van der Waals surface area contributed by atoms with E-state index >= 15 is 0 Å². The van der Waals surface area contributed by atoms with Crippen molar-refractivity contribution < 1.29 is 9.90 Å². The van der Waals surface area contributed by atoms with Gasteiger partial charge < -0.3 is 16.6 Å². The highest BCUT2D eigenvalue weighted by Crippen LogP contribution is 2.30. The van der Waals surface area contributed by atoms with Gasteiger partial charge in [-0.3, -0.25) is 4.79 Å². The molecule has 0 radical (unpaired) electrons. The lowest BCUT2D eigenvalue weighted by Crippen LogP contribution is -2.40. The summed E-state index contributed by atoms with van der Waals surface area (Å²) in [6.45, 7) is 4.03. The molecular formula is C14H22N2O2. The molecule has 18 heavy (non-hydrogen) atoms. The summed E-state index contributed by atoms with van der Waals surface area (Å²) >= 11 is 0. The summed E-state index contributed by atoms with van der Waals surface area (Å²) < 4.78 is 0. The third-order valence-corrected chi connectivity index (χ3v) is 3.59. The minimum Gasteiger partial charge on any atom is -0.481 e. The average Bonchev–Trinajstić information content (AvgIpc) is 2.33. The second-order valence-corrected chi connectivity index (χ2v) is 4.85. The molecule has 100 valence electrons. The van der Waals surface area contributed by atoms with Crippen LogP contribution in [0.15, 0.2) is 18.2 Å². The Bertz CT molecular complexity index is 432. The molecule has 1 unspecified atom stereocenters. The Hall–Kier alpha value is -1.55. The summed E-state index contributed by atoms with van der Waals surface area (Å²) in [5, 5.41) is 9.47. The SMILES string of the molecule is CCCC(CN)(Cc1cccc(N)c1C)C(=O)O. The second-order valence-electron chi connectivity index (χ2n) is 4.85. The predicted molar refractivity (Wildman–Crippen MR) is 73.3 cm³/mol. The van der Waals surface area contributed by atoms with Crippen molar-refractivity contribution >= 4 is 11.7 Å². The van der Waals surface area contributed by atoms with Crippen LogP contribution in [0.4, 0.5) is 5.69 Å². The monoisotopic (exact) mass is 250 g/mol. The zero-order valence-corrected chi connectivity index (χ0v) is 11.1. The van der Waals surface area contributed by atoms with Gasteiger partial charge in [0.1, 0.15) is 0 Å². The van der Waals surface area contributed by atoms with Crippen molar-refractivity contribution in [3.63, 3.8) is 0 Å². The molecular weight excluding hydrogens is 228 g/mol. The van der Waals surface area contributed by atoms with Crippen molar-refractivity contribution in [1.82, 2.24) is 0 Å². The fraction of sp³-hybridized carbons (Fsp3) is 0.500. The molecule has 0 spiro atoms. The van der Waals surface area contributed by atoms with Crippen LogP contribution < -0.4 is 11.5 Å². The van der Waals surface area contributed by atoms with E-state index in [2.05, 4.69) is 0 Å². The zero-order valence-electron chi connectivity index (χ0n) is 11.1. The summed E-state index contributed by atoms with van der Waals surface area (Å²) in [5.41, 5.74) is 13.3. The standard InChI is InChI=1S/C14H22N2O2/c1-3-7-14(9-15,13(17)18)8-11-5-4-6-12(16)10(11)2/h4-6H,3,7-9,15-16H2,1-2H3,(H,17,18). The van der Waals surface area contributed by atoms with Crippen LogP contribution in [0.1, 0.15) is 30.9 Å². The summed E-state index contributed by atoms with van der Waals surface area (Å²) in [7, 11) is 0. The molecule has 0 aromatic heterocycles. The number of aliphatic carboxylic acids is 1. The summed E-state index contributed by atoms with van der Waals surface area (Å²) in [6, 6.07) is 5.60. The molecule has 0 amide bonds. The summed E-state index contributed by atoms with van der Waals surface area (Å²) in [6.07, 6.45) is 1.81. The van der Waals surface area contributed by atoms with Gasteiger partial charge in [0, 0.05) is 12.2 Å². The smallest absolute Gasteiger partial charge is 0.311 e. The zero-order chi connectivity index (χ0) is 13.8. The van der Waals surface area contributed by atoms with Gasteiger partial charge in [0.25, 0.3) is 0 Å². The van der Waals surface area contributed by atoms with Crippen LogP contribution in [0.25, 0.3) is 0 Å². The van der Waals surface area contributed by atoms with E-state index in [0.29, 0.717) is 18.5 Å². The van der Waals surface area contributed by atoms with Crippen molar-refractivity contribution in [1.29, 1.82) is 0 Å². The highest BCUT2D eigenvalue weighted by Gasteiger charge is 2.36. The highest BCUT2D eigenvalue weighted by atomic mass is 16.4. The number of benzene rings is 1. The highest BCUT2D eigenvalue weighted by molar-refractivity contribution is 5.75. The maximum absolute atomic E-state index is 11.5. The van der Waals surface area contributed by atoms with Crippen LogP contribution in [0.5, 0.6) is 0 Å². The van der Waals surface area contributed by atoms with Gasteiger partial charge in [-0.15, -0.1) is 0 Å². The van der Waals surface area contributed by atoms with E-state index in [1.165, 1.54) is 0 Å². The lowest BCUT2D eigenvalue weighted by atomic mass is 9.77. The molecule has 0 aliphatic heterocycles. The third-order valence-electron chi connectivity index (χ3n) is 3.59. The topological polar surface area (TPSA) is 89.3 Å². The first kappa shape index (κ1) is 14.5. The van der Waals surface area contributed by atoms with Crippen molar-refractivity contribution in [2.45, 2.75) is 33.1 Å². The molecule has 0 aliphatic carbocycles. The van der Waals surface area contributed by atoms with Gasteiger partial charge in [-0.25, -0.2) is 0 Å². The first-order valence-electron chi connectivity index (χ1n) is 6.24. The molecule has 0 saturated carbocycles. The lowest BCUT2D eigenvalue weighted by molar-refractivity contribution is -0.148. The molecule has 0 saturated heterocycles. The van der Waals surface area contributed by atoms with Gasteiger partial charge in [0.05, 0.1) is 5.41 Å². The second kappa shape index (κ2) is 5.87. The van der Waals surface area contributed by atoms with Crippen molar-refractivity contribution in [3.05, 3.63) is 29.3 Å². The Morgan fingerprint density at radius 2 is 2.11 bits per heavy atom. The molecule has 1 rings (SSSR count). The summed E-state index contributed by atoms with van der Waals surface area (Å²) in [4.78, 5) is 11.5. The van der Waals surface area contributed by atoms with Gasteiger partial charge in [0.2, 0.25) is 0 Å². The van der Waals surface area contributed by atoms with Crippen molar-refractivity contribution in [3.8, 4) is 0 Å². The van der Waals surface area contributed by atoms with Gasteiger partial charge in [-0.2, -0.15) is 0 Å². The Kier molecular flexibility index (Phi) is 4.73. The fourth-order valence-corrected chi connectivity index (χ4v) is 2.27. The van der Waals surface area contributed by atoms with E-state index in [-0.39, 0.29) is 6.54 Å². The number of carbonyl (C=O) groups is 1. The lowest BCUT2D eigenvalue weighted by Gasteiger charge is -2.28. The van der Waals surface area contributed by atoms with E-state index in [1.807, 2.05) is 32.0 Å². The molecule has 5 N–H and O–H groups in total. The molecule has 1 aromatic carbocycles. The molecule has 4 nitrogen and oxygen atoms in total. The van der Waals surface area contributed by atoms with Gasteiger partial charge in [0.15, 0.2) is 0 Å². The number of rotatable bonds is 6.